The van der Waals surface area contributed by atoms with Crippen LogP contribution in [0, 0.1) is 6.92 Å². The number of allylic oxidation sites excluding steroid dienone is 1. The molecule has 1 atom stereocenters. The minimum Gasteiger partial charge on any atom is -0.490 e. The Kier molecular flexibility index (Phi) is 7.71. The monoisotopic (exact) mass is 557 g/mol. The van der Waals surface area contributed by atoms with Crippen LogP contribution in [0.25, 0.3) is 0 Å². The van der Waals surface area contributed by atoms with Crippen molar-refractivity contribution >= 4 is 39.5 Å². The fourth-order valence-corrected chi connectivity index (χ4v) is 5.07. The Labute approximate surface area is 217 Å². The van der Waals surface area contributed by atoms with Crippen LogP contribution in [0.15, 0.2) is 57.3 Å². The standard InChI is InChI=1S/C25H28BrN5O3S/c1-5-33-19-12-17(11-18(26)22(19)34-13-16-9-7-14(3)8-10-16)21-20(23(27)32)15(4)28-24-29-25(35-6-2)30-31(21)24/h7-12,21H,5-6,13H2,1-4H3,(H2,27,32)(H,28,29,30). The quantitative estimate of drug-likeness (QED) is 0.348. The average Bonchev–Trinajstić information content (AvgIpc) is 3.20. The number of rotatable bonds is 9. The number of nitrogens with zero attached hydrogens (tertiary/aromatic N) is 3. The zero-order valence-electron chi connectivity index (χ0n) is 20.1. The van der Waals surface area contributed by atoms with Gasteiger partial charge in [-0.2, -0.15) is 4.98 Å². The average molecular weight is 559 g/mol. The van der Waals surface area contributed by atoms with Gasteiger partial charge in [0.15, 0.2) is 11.5 Å². The van der Waals surface area contributed by atoms with Crippen molar-refractivity contribution in [3.63, 3.8) is 0 Å². The number of ether oxygens (including phenoxy) is 2. The fraction of sp³-hybridized carbons (Fsp3) is 0.320. The summed E-state index contributed by atoms with van der Waals surface area (Å²) in [6, 6.07) is 11.4. The van der Waals surface area contributed by atoms with Gasteiger partial charge < -0.3 is 20.5 Å². The molecule has 184 valence electrons. The molecule has 4 rings (SSSR count). The van der Waals surface area contributed by atoms with Gasteiger partial charge >= 0.3 is 0 Å². The predicted octanol–water partition coefficient (Wildman–Crippen LogP) is 5.21. The lowest BCUT2D eigenvalue weighted by Gasteiger charge is -2.28. The molecule has 2 heterocycles. The molecule has 3 N–H and O–H groups in total. The topological polar surface area (TPSA) is 104 Å². The summed E-state index contributed by atoms with van der Waals surface area (Å²) in [5.41, 5.74) is 9.90. The van der Waals surface area contributed by atoms with Gasteiger partial charge in [-0.3, -0.25) is 4.79 Å². The van der Waals surface area contributed by atoms with Gasteiger partial charge in [0.05, 0.1) is 16.7 Å². The highest BCUT2D eigenvalue weighted by Gasteiger charge is 2.34. The second kappa shape index (κ2) is 10.7. The van der Waals surface area contributed by atoms with Crippen LogP contribution in [0.5, 0.6) is 11.5 Å². The van der Waals surface area contributed by atoms with E-state index in [1.165, 1.54) is 17.3 Å². The highest BCUT2D eigenvalue weighted by Crippen LogP contribution is 2.43. The number of halogens is 1. The van der Waals surface area contributed by atoms with Crippen molar-refractivity contribution in [2.75, 3.05) is 17.7 Å². The maximum absolute atomic E-state index is 12.5. The SMILES string of the molecule is CCOc1cc(C2C(C(N)=O)=C(C)Nc3nc(SCC)nn32)cc(Br)c1OCc1ccc(C)cc1. The molecule has 35 heavy (non-hydrogen) atoms. The number of thioether (sulfide) groups is 1. The van der Waals surface area contributed by atoms with Crippen molar-refractivity contribution in [1.29, 1.82) is 0 Å². The molecule has 1 unspecified atom stereocenters. The van der Waals surface area contributed by atoms with Crippen molar-refractivity contribution < 1.29 is 14.3 Å². The molecule has 8 nitrogen and oxygen atoms in total. The van der Waals surface area contributed by atoms with Crippen LogP contribution in [0.1, 0.15) is 43.5 Å². The maximum Gasteiger partial charge on any atom is 0.248 e. The van der Waals surface area contributed by atoms with Crippen molar-refractivity contribution in [2.45, 2.75) is 45.5 Å². The first-order valence-electron chi connectivity index (χ1n) is 11.3. The number of hydrogen-bond donors (Lipinski definition) is 2. The largest absolute Gasteiger partial charge is 0.490 e. The number of carbonyl (C=O) groups excluding carboxylic acids is 1. The van der Waals surface area contributed by atoms with Gasteiger partial charge in [0.25, 0.3) is 0 Å². The van der Waals surface area contributed by atoms with Crippen molar-refractivity contribution in [1.82, 2.24) is 14.8 Å². The molecule has 0 aliphatic carbocycles. The van der Waals surface area contributed by atoms with E-state index < -0.39 is 11.9 Å². The van der Waals surface area contributed by atoms with Crippen LogP contribution in [0.2, 0.25) is 0 Å². The Morgan fingerprint density at radius 3 is 2.60 bits per heavy atom. The summed E-state index contributed by atoms with van der Waals surface area (Å²) in [5, 5.41) is 8.44. The summed E-state index contributed by atoms with van der Waals surface area (Å²) in [7, 11) is 0. The summed E-state index contributed by atoms with van der Waals surface area (Å²) < 4.78 is 14.5. The van der Waals surface area contributed by atoms with Crippen LogP contribution < -0.4 is 20.5 Å². The highest BCUT2D eigenvalue weighted by molar-refractivity contribution is 9.10. The molecule has 0 fully saturated rings. The number of fused-ring (bicyclic) bond motifs is 1. The predicted molar refractivity (Wildman–Crippen MR) is 141 cm³/mol. The Morgan fingerprint density at radius 1 is 1.20 bits per heavy atom. The molecule has 0 spiro atoms. The molecule has 2 aromatic carbocycles. The first-order valence-corrected chi connectivity index (χ1v) is 13.1. The van der Waals surface area contributed by atoms with Gasteiger partial charge in [0, 0.05) is 5.70 Å². The molecular weight excluding hydrogens is 530 g/mol. The number of amides is 1. The van der Waals surface area contributed by atoms with E-state index in [9.17, 15) is 4.79 Å². The molecule has 0 saturated carbocycles. The Hall–Kier alpha value is -2.98. The number of carbonyl (C=O) groups is 1. The van der Waals surface area contributed by atoms with Crippen LogP contribution in [-0.2, 0) is 11.4 Å². The number of primary amides is 1. The number of aromatic nitrogens is 3. The third kappa shape index (κ3) is 5.33. The van der Waals surface area contributed by atoms with Gasteiger partial charge in [-0.1, -0.05) is 48.5 Å². The number of aryl methyl sites for hydroxylation is 1. The van der Waals surface area contributed by atoms with E-state index in [0.717, 1.165) is 16.9 Å². The van der Waals surface area contributed by atoms with Gasteiger partial charge in [-0.25, -0.2) is 4.68 Å². The van der Waals surface area contributed by atoms with E-state index >= 15 is 0 Å². The minimum absolute atomic E-state index is 0.391. The van der Waals surface area contributed by atoms with Crippen LogP contribution in [-0.4, -0.2) is 33.0 Å². The summed E-state index contributed by atoms with van der Waals surface area (Å²) in [6.07, 6.45) is 0. The molecule has 10 heteroatoms. The molecule has 1 aliphatic heterocycles. The van der Waals surface area contributed by atoms with E-state index in [2.05, 4.69) is 50.4 Å². The minimum atomic E-state index is -0.566. The third-order valence-electron chi connectivity index (χ3n) is 5.52. The van der Waals surface area contributed by atoms with Gasteiger partial charge in [-0.15, -0.1) is 5.10 Å². The molecule has 0 radical (unpaired) electrons. The Bertz CT molecular complexity index is 1270. The number of hydrogen-bond acceptors (Lipinski definition) is 7. The van der Waals surface area contributed by atoms with E-state index in [1.807, 2.05) is 45.0 Å². The van der Waals surface area contributed by atoms with Crippen LogP contribution in [0.3, 0.4) is 0 Å². The Balaban J connectivity index is 1.76. The lowest BCUT2D eigenvalue weighted by atomic mass is 9.95. The zero-order chi connectivity index (χ0) is 25.1. The van der Waals surface area contributed by atoms with Gasteiger partial charge in [0.2, 0.25) is 17.0 Å². The Morgan fingerprint density at radius 2 is 1.94 bits per heavy atom. The second-order valence-corrected chi connectivity index (χ2v) is 10.1. The fourth-order valence-electron chi connectivity index (χ4n) is 3.94. The van der Waals surface area contributed by atoms with E-state index in [4.69, 9.17) is 15.2 Å². The third-order valence-corrected chi connectivity index (χ3v) is 6.83. The number of nitrogens with two attached hydrogens (primary N) is 1. The lowest BCUT2D eigenvalue weighted by molar-refractivity contribution is -0.115. The number of nitrogens with one attached hydrogen (secondary N) is 1. The van der Waals surface area contributed by atoms with Crippen LogP contribution >= 0.6 is 27.7 Å². The molecule has 0 bridgehead atoms. The maximum atomic E-state index is 12.5. The van der Waals surface area contributed by atoms with Crippen molar-refractivity contribution in [3.8, 4) is 11.5 Å². The zero-order valence-corrected chi connectivity index (χ0v) is 22.5. The summed E-state index contributed by atoms with van der Waals surface area (Å²) in [5.74, 6) is 2.01. The van der Waals surface area contributed by atoms with E-state index in [0.29, 0.717) is 51.6 Å². The molecular formula is C25H28BrN5O3S. The van der Waals surface area contributed by atoms with Crippen LogP contribution in [0.4, 0.5) is 5.95 Å². The van der Waals surface area contributed by atoms with Crippen molar-refractivity contribution in [2.24, 2.45) is 5.73 Å². The van der Waals surface area contributed by atoms with Gasteiger partial charge in [-0.05, 0) is 65.7 Å². The normalized spacial score (nSPS) is 14.9. The molecule has 1 aliphatic rings. The number of benzene rings is 2. The second-order valence-electron chi connectivity index (χ2n) is 8.06. The summed E-state index contributed by atoms with van der Waals surface area (Å²) in [6.45, 7) is 8.66. The number of anilines is 1. The van der Waals surface area contributed by atoms with Gasteiger partial charge in [0.1, 0.15) is 12.6 Å². The summed E-state index contributed by atoms with van der Waals surface area (Å²) >= 11 is 5.19. The van der Waals surface area contributed by atoms with Crippen molar-refractivity contribution in [3.05, 3.63) is 68.8 Å². The first-order chi connectivity index (χ1) is 16.8. The van der Waals surface area contributed by atoms with E-state index in [-0.39, 0.29) is 0 Å². The molecule has 3 aromatic rings. The summed E-state index contributed by atoms with van der Waals surface area (Å²) in [4.78, 5) is 17.1. The van der Waals surface area contributed by atoms with E-state index in [1.54, 1.807) is 4.68 Å². The molecule has 1 aromatic heterocycles. The smallest absolute Gasteiger partial charge is 0.248 e. The highest BCUT2D eigenvalue weighted by atomic mass is 79.9. The lowest BCUT2D eigenvalue weighted by Crippen LogP contribution is -2.32. The first kappa shape index (κ1) is 25.1. The molecule has 1 amide bonds. The molecule has 0 saturated heterocycles.